The van der Waals surface area contributed by atoms with Gasteiger partial charge in [-0.1, -0.05) is 0 Å². The van der Waals surface area contributed by atoms with Gasteiger partial charge in [0.25, 0.3) is 0 Å². The second kappa shape index (κ2) is 5.73. The van der Waals surface area contributed by atoms with E-state index in [1.165, 1.54) is 11.1 Å². The predicted octanol–water partition coefficient (Wildman–Crippen LogP) is 2.15. The lowest BCUT2D eigenvalue weighted by Crippen LogP contribution is -2.40. The molecule has 1 amide bonds. The number of nitrogens with one attached hydrogen (secondary N) is 1. The van der Waals surface area contributed by atoms with Crippen molar-refractivity contribution >= 4 is 17.1 Å². The summed E-state index contributed by atoms with van der Waals surface area (Å²) in [6, 6.07) is 4.10. The molecule has 0 aliphatic carbocycles. The number of hydrogen-bond donors (Lipinski definition) is 1. The number of nitrogens with zero attached hydrogens (tertiary/aromatic N) is 2. The lowest BCUT2D eigenvalue weighted by molar-refractivity contribution is 0.0243. The smallest absolute Gasteiger partial charge is 0.410 e. The summed E-state index contributed by atoms with van der Waals surface area (Å²) in [5.41, 5.74) is 4.28. The number of amides is 1. The van der Waals surface area contributed by atoms with Crippen molar-refractivity contribution in [3.05, 3.63) is 29.1 Å². The fourth-order valence-corrected chi connectivity index (χ4v) is 2.36. The second-order valence-corrected chi connectivity index (χ2v) is 5.29. The van der Waals surface area contributed by atoms with Crippen molar-refractivity contribution in [1.29, 1.82) is 0 Å². The number of fused-ring (bicyclic) bond motifs is 1. The summed E-state index contributed by atoms with van der Waals surface area (Å²) >= 11 is 0. The van der Waals surface area contributed by atoms with Crippen LogP contribution < -0.4 is 0 Å². The van der Waals surface area contributed by atoms with E-state index in [0.29, 0.717) is 32.1 Å². The molecule has 1 saturated heterocycles. The molecule has 0 saturated carbocycles. The van der Waals surface area contributed by atoms with Crippen LogP contribution in [0.15, 0.2) is 12.1 Å². The van der Waals surface area contributed by atoms with Crippen LogP contribution in [0.4, 0.5) is 4.79 Å². The highest BCUT2D eigenvalue weighted by molar-refractivity contribution is 5.77. The van der Waals surface area contributed by atoms with Gasteiger partial charge in [0, 0.05) is 13.1 Å². The Bertz CT molecular complexity index is 620. The van der Waals surface area contributed by atoms with Crippen LogP contribution in [0.3, 0.4) is 0 Å². The van der Waals surface area contributed by atoms with E-state index in [-0.39, 0.29) is 12.7 Å². The lowest BCUT2D eigenvalue weighted by Gasteiger charge is -2.25. The summed E-state index contributed by atoms with van der Waals surface area (Å²) in [6.07, 6.45) is -0.314. The molecule has 112 valence electrons. The fraction of sp³-hybridized carbons (Fsp3) is 0.467. The normalized spacial score (nSPS) is 15.4. The number of imidazole rings is 1. The number of benzene rings is 1. The Morgan fingerprint density at radius 2 is 2.05 bits per heavy atom. The molecule has 3 rings (SSSR count). The molecular formula is C15H19N3O3. The van der Waals surface area contributed by atoms with Crippen molar-refractivity contribution in [2.45, 2.75) is 20.5 Å². The fourth-order valence-electron chi connectivity index (χ4n) is 2.36. The maximum absolute atomic E-state index is 11.9. The molecule has 0 unspecified atom stereocenters. The van der Waals surface area contributed by atoms with Gasteiger partial charge in [0.05, 0.1) is 24.2 Å². The number of morpholine rings is 1. The highest BCUT2D eigenvalue weighted by Gasteiger charge is 2.18. The number of carbonyl (C=O) groups is 1. The summed E-state index contributed by atoms with van der Waals surface area (Å²) in [5.74, 6) is 0.664. The molecule has 0 bridgehead atoms. The number of ether oxygens (including phenoxy) is 2. The summed E-state index contributed by atoms with van der Waals surface area (Å²) < 4.78 is 10.5. The Labute approximate surface area is 123 Å². The Morgan fingerprint density at radius 3 is 2.81 bits per heavy atom. The Kier molecular flexibility index (Phi) is 3.79. The van der Waals surface area contributed by atoms with Crippen molar-refractivity contribution in [1.82, 2.24) is 14.9 Å². The highest BCUT2D eigenvalue weighted by Crippen LogP contribution is 2.17. The number of aromatic amines is 1. The number of hydrogen-bond acceptors (Lipinski definition) is 4. The quantitative estimate of drug-likeness (QED) is 0.920. The van der Waals surface area contributed by atoms with Crippen LogP contribution in [0, 0.1) is 13.8 Å². The first-order valence-corrected chi connectivity index (χ1v) is 7.09. The van der Waals surface area contributed by atoms with Crippen molar-refractivity contribution < 1.29 is 14.3 Å². The summed E-state index contributed by atoms with van der Waals surface area (Å²) in [4.78, 5) is 21.2. The molecule has 1 aliphatic rings. The van der Waals surface area contributed by atoms with Crippen LogP contribution in [-0.2, 0) is 16.1 Å². The molecule has 0 spiro atoms. The molecule has 0 radical (unpaired) electrons. The maximum atomic E-state index is 11.9. The van der Waals surface area contributed by atoms with Crippen LogP contribution in [0.25, 0.3) is 11.0 Å². The Hall–Kier alpha value is -2.08. The third-order valence-electron chi connectivity index (χ3n) is 3.75. The molecular weight excluding hydrogens is 270 g/mol. The zero-order valence-corrected chi connectivity index (χ0v) is 12.3. The van der Waals surface area contributed by atoms with Gasteiger partial charge >= 0.3 is 6.09 Å². The first kappa shape index (κ1) is 13.9. The van der Waals surface area contributed by atoms with Gasteiger partial charge in [-0.2, -0.15) is 0 Å². The van der Waals surface area contributed by atoms with E-state index in [4.69, 9.17) is 9.47 Å². The van der Waals surface area contributed by atoms with Gasteiger partial charge in [-0.05, 0) is 37.1 Å². The van der Waals surface area contributed by atoms with Crippen molar-refractivity contribution in [2.75, 3.05) is 26.3 Å². The minimum atomic E-state index is -0.314. The molecule has 6 heteroatoms. The Morgan fingerprint density at radius 1 is 1.33 bits per heavy atom. The zero-order chi connectivity index (χ0) is 14.8. The molecule has 1 aromatic carbocycles. The molecule has 1 aliphatic heterocycles. The van der Waals surface area contributed by atoms with Crippen LogP contribution in [0.1, 0.15) is 17.0 Å². The van der Waals surface area contributed by atoms with Gasteiger partial charge < -0.3 is 19.4 Å². The summed E-state index contributed by atoms with van der Waals surface area (Å²) in [5, 5.41) is 0. The minimum absolute atomic E-state index is 0.156. The topological polar surface area (TPSA) is 67.4 Å². The number of carbonyl (C=O) groups excluding carboxylic acids is 1. The van der Waals surface area contributed by atoms with E-state index < -0.39 is 0 Å². The van der Waals surface area contributed by atoms with Gasteiger partial charge in [0.1, 0.15) is 5.82 Å². The minimum Gasteiger partial charge on any atom is -0.441 e. The van der Waals surface area contributed by atoms with Crippen molar-refractivity contribution in [3.8, 4) is 0 Å². The van der Waals surface area contributed by atoms with Crippen molar-refractivity contribution in [2.24, 2.45) is 0 Å². The van der Waals surface area contributed by atoms with E-state index in [1.54, 1.807) is 4.90 Å². The first-order valence-electron chi connectivity index (χ1n) is 7.09. The predicted molar refractivity (Wildman–Crippen MR) is 78.1 cm³/mol. The van der Waals surface area contributed by atoms with E-state index in [2.05, 4.69) is 29.9 Å². The van der Waals surface area contributed by atoms with Crippen molar-refractivity contribution in [3.63, 3.8) is 0 Å². The Balaban J connectivity index is 1.66. The van der Waals surface area contributed by atoms with E-state index in [1.807, 2.05) is 6.07 Å². The van der Waals surface area contributed by atoms with E-state index >= 15 is 0 Å². The molecule has 2 aromatic rings. The average molecular weight is 289 g/mol. The standard InChI is InChI=1S/C15H19N3O3/c1-10-7-12-13(8-11(10)2)17-14(16-12)9-21-15(19)18-3-5-20-6-4-18/h7-8H,3-6,9H2,1-2H3,(H,16,17). The number of rotatable bonds is 2. The van der Waals surface area contributed by atoms with Gasteiger partial charge in [0.15, 0.2) is 6.61 Å². The zero-order valence-electron chi connectivity index (χ0n) is 12.3. The molecule has 0 atom stereocenters. The lowest BCUT2D eigenvalue weighted by atomic mass is 10.1. The van der Waals surface area contributed by atoms with E-state index in [0.717, 1.165) is 11.0 Å². The van der Waals surface area contributed by atoms with Gasteiger partial charge in [-0.15, -0.1) is 0 Å². The molecule has 2 heterocycles. The number of aromatic nitrogens is 2. The van der Waals surface area contributed by atoms with E-state index in [9.17, 15) is 4.79 Å². The second-order valence-electron chi connectivity index (χ2n) is 5.29. The monoisotopic (exact) mass is 289 g/mol. The third kappa shape index (κ3) is 3.00. The molecule has 1 N–H and O–H groups in total. The van der Waals surface area contributed by atoms with Gasteiger partial charge in [-0.25, -0.2) is 9.78 Å². The average Bonchev–Trinajstić information content (AvgIpc) is 2.88. The van der Waals surface area contributed by atoms with Crippen LogP contribution >= 0.6 is 0 Å². The highest BCUT2D eigenvalue weighted by atomic mass is 16.6. The largest absolute Gasteiger partial charge is 0.441 e. The number of H-pyrrole nitrogens is 1. The van der Waals surface area contributed by atoms with Crippen LogP contribution in [0.5, 0.6) is 0 Å². The maximum Gasteiger partial charge on any atom is 0.410 e. The molecule has 21 heavy (non-hydrogen) atoms. The first-order chi connectivity index (χ1) is 10.1. The van der Waals surface area contributed by atoms with Gasteiger partial charge in [0.2, 0.25) is 0 Å². The SMILES string of the molecule is Cc1cc2nc(COC(=O)N3CCOCC3)[nH]c2cc1C. The molecule has 1 fully saturated rings. The van der Waals surface area contributed by atoms with Crippen LogP contribution in [-0.4, -0.2) is 47.3 Å². The summed E-state index contributed by atoms with van der Waals surface area (Å²) in [6.45, 7) is 6.57. The third-order valence-corrected chi connectivity index (χ3v) is 3.75. The number of aryl methyl sites for hydroxylation is 2. The summed E-state index contributed by atoms with van der Waals surface area (Å²) in [7, 11) is 0. The van der Waals surface area contributed by atoms with Crippen LogP contribution in [0.2, 0.25) is 0 Å². The molecule has 6 nitrogen and oxygen atoms in total. The van der Waals surface area contributed by atoms with Gasteiger partial charge in [-0.3, -0.25) is 0 Å². The molecule has 1 aromatic heterocycles.